The van der Waals surface area contributed by atoms with Crippen LogP contribution >= 0.6 is 0 Å². The summed E-state index contributed by atoms with van der Waals surface area (Å²) in [5.41, 5.74) is -1.38. The van der Waals surface area contributed by atoms with Gasteiger partial charge in [0, 0.05) is 27.2 Å². The number of ketones is 1. The quantitative estimate of drug-likeness (QED) is 0.359. The van der Waals surface area contributed by atoms with E-state index in [0.717, 1.165) is 0 Å². The zero-order chi connectivity index (χ0) is 16.2. The maximum absolute atomic E-state index is 13.7. The van der Waals surface area contributed by atoms with Gasteiger partial charge in [-0.15, -0.1) is 0 Å². The molecule has 0 saturated carbocycles. The third-order valence-electron chi connectivity index (χ3n) is 4.39. The van der Waals surface area contributed by atoms with Crippen LogP contribution in [0, 0.1) is 35.0 Å². The van der Waals surface area contributed by atoms with Gasteiger partial charge in [-0.3, -0.25) is 9.00 Å². The first kappa shape index (κ1) is 15.6. The van der Waals surface area contributed by atoms with Gasteiger partial charge in [0.1, 0.15) is 0 Å². The summed E-state index contributed by atoms with van der Waals surface area (Å²) in [7, 11) is -1.08. The van der Waals surface area contributed by atoms with Crippen molar-refractivity contribution in [3.8, 4) is 0 Å². The van der Waals surface area contributed by atoms with Gasteiger partial charge in [-0.05, 0) is 25.7 Å². The summed E-state index contributed by atoms with van der Waals surface area (Å²) in [6.45, 7) is 0. The highest BCUT2D eigenvalue weighted by Gasteiger charge is 2.44. The lowest BCUT2D eigenvalue weighted by atomic mass is 9.89. The molecule has 0 aliphatic carbocycles. The van der Waals surface area contributed by atoms with E-state index in [1.54, 1.807) is 0 Å². The minimum absolute atomic E-state index is 0.154. The van der Waals surface area contributed by atoms with Crippen LogP contribution in [0.1, 0.15) is 36.0 Å². The molecule has 120 valence electrons. The van der Waals surface area contributed by atoms with E-state index in [-0.39, 0.29) is 23.3 Å². The first-order valence-electron chi connectivity index (χ1n) is 6.78. The first-order chi connectivity index (χ1) is 10.3. The zero-order valence-corrected chi connectivity index (χ0v) is 12.0. The summed E-state index contributed by atoms with van der Waals surface area (Å²) in [5.74, 6) is -12.7. The molecular formula is C14H11F5O2S. The zero-order valence-electron chi connectivity index (χ0n) is 11.2. The van der Waals surface area contributed by atoms with Crippen LogP contribution in [0.3, 0.4) is 0 Å². The van der Waals surface area contributed by atoms with Crippen LogP contribution in [0.5, 0.6) is 0 Å². The second-order valence-corrected chi connectivity index (χ2v) is 7.62. The molecule has 2 nitrogen and oxygen atoms in total. The molecule has 2 aliphatic heterocycles. The monoisotopic (exact) mass is 338 g/mol. The number of carbonyl (C=O) groups excluding carboxylic acids is 1. The molecule has 0 amide bonds. The Kier molecular flexibility index (Phi) is 3.82. The van der Waals surface area contributed by atoms with Crippen LogP contribution in [-0.4, -0.2) is 20.5 Å². The molecule has 2 unspecified atom stereocenters. The highest BCUT2D eigenvalue weighted by atomic mass is 32.2. The molecule has 0 N–H and O–H groups in total. The maximum atomic E-state index is 13.7. The minimum atomic E-state index is -2.28. The average molecular weight is 338 g/mol. The van der Waals surface area contributed by atoms with E-state index in [2.05, 4.69) is 0 Å². The molecule has 0 spiro atoms. The van der Waals surface area contributed by atoms with Crippen LogP contribution in [-0.2, 0) is 10.8 Å². The van der Waals surface area contributed by atoms with Crippen molar-refractivity contribution in [2.24, 2.45) is 5.92 Å². The van der Waals surface area contributed by atoms with Crippen molar-refractivity contribution in [2.75, 3.05) is 0 Å². The molecule has 8 heteroatoms. The summed E-state index contributed by atoms with van der Waals surface area (Å²) in [5, 5.41) is -0.483. The fraction of sp³-hybridized carbons (Fsp3) is 0.500. The van der Waals surface area contributed by atoms with E-state index in [1.165, 1.54) is 0 Å². The third kappa shape index (κ3) is 2.19. The summed E-state index contributed by atoms with van der Waals surface area (Å²) in [4.78, 5) is 12.2. The molecule has 2 bridgehead atoms. The summed E-state index contributed by atoms with van der Waals surface area (Å²) in [6.07, 6.45) is 1.61. The lowest BCUT2D eigenvalue weighted by molar-refractivity contribution is 0.0894. The topological polar surface area (TPSA) is 34.1 Å². The molecule has 2 fully saturated rings. The highest BCUT2D eigenvalue weighted by Crippen LogP contribution is 2.40. The van der Waals surface area contributed by atoms with Crippen molar-refractivity contribution in [1.29, 1.82) is 0 Å². The van der Waals surface area contributed by atoms with Crippen molar-refractivity contribution < 1.29 is 31.0 Å². The van der Waals surface area contributed by atoms with Crippen LogP contribution in [0.4, 0.5) is 22.0 Å². The fourth-order valence-electron chi connectivity index (χ4n) is 3.27. The molecule has 1 aromatic rings. The lowest BCUT2D eigenvalue weighted by Gasteiger charge is -2.26. The van der Waals surface area contributed by atoms with E-state index >= 15 is 0 Å². The van der Waals surface area contributed by atoms with Crippen molar-refractivity contribution in [3.05, 3.63) is 34.6 Å². The van der Waals surface area contributed by atoms with Gasteiger partial charge in [0.05, 0.1) is 5.56 Å². The third-order valence-corrected chi connectivity index (χ3v) is 6.56. The minimum Gasteiger partial charge on any atom is -0.294 e. The SMILES string of the molecule is O=C(c1c(F)c(F)c(F)c(F)c1F)C1CC2CCC(C1)S2=O. The molecule has 1 aromatic carbocycles. The number of hydrogen-bond donors (Lipinski definition) is 0. The van der Waals surface area contributed by atoms with Gasteiger partial charge in [0.25, 0.3) is 0 Å². The molecule has 2 aliphatic rings. The van der Waals surface area contributed by atoms with E-state index in [0.29, 0.717) is 12.8 Å². The Balaban J connectivity index is 1.99. The second-order valence-electron chi connectivity index (χ2n) is 5.63. The van der Waals surface area contributed by atoms with Crippen LogP contribution in [0.15, 0.2) is 0 Å². The number of halogens is 5. The average Bonchev–Trinajstić information content (AvgIpc) is 2.72. The smallest absolute Gasteiger partial charge is 0.200 e. The summed E-state index contributed by atoms with van der Waals surface area (Å²) < 4.78 is 78.6. The lowest BCUT2D eigenvalue weighted by Crippen LogP contribution is -2.33. The fourth-order valence-corrected chi connectivity index (χ4v) is 5.40. The molecular weight excluding hydrogens is 327 g/mol. The number of benzene rings is 1. The van der Waals surface area contributed by atoms with Gasteiger partial charge in [-0.25, -0.2) is 22.0 Å². The molecule has 0 aromatic heterocycles. The van der Waals surface area contributed by atoms with E-state index in [9.17, 15) is 31.0 Å². The van der Waals surface area contributed by atoms with Gasteiger partial charge in [0.15, 0.2) is 29.1 Å². The van der Waals surface area contributed by atoms with Crippen molar-refractivity contribution in [3.63, 3.8) is 0 Å². The van der Waals surface area contributed by atoms with Crippen LogP contribution < -0.4 is 0 Å². The Morgan fingerprint density at radius 1 is 0.818 bits per heavy atom. The summed E-state index contributed by atoms with van der Waals surface area (Å²) >= 11 is 0. The Labute approximate surface area is 125 Å². The Morgan fingerprint density at radius 2 is 1.23 bits per heavy atom. The van der Waals surface area contributed by atoms with Gasteiger partial charge in [0.2, 0.25) is 5.82 Å². The number of fused-ring (bicyclic) bond motifs is 2. The van der Waals surface area contributed by atoms with Crippen LogP contribution in [0.2, 0.25) is 0 Å². The predicted molar refractivity (Wildman–Crippen MR) is 68.2 cm³/mol. The van der Waals surface area contributed by atoms with Gasteiger partial charge >= 0.3 is 0 Å². The molecule has 2 saturated heterocycles. The van der Waals surface area contributed by atoms with Gasteiger partial charge in [-0.2, -0.15) is 0 Å². The number of rotatable bonds is 2. The van der Waals surface area contributed by atoms with Gasteiger partial charge < -0.3 is 0 Å². The number of carbonyl (C=O) groups is 1. The largest absolute Gasteiger partial charge is 0.294 e. The molecule has 3 rings (SSSR count). The van der Waals surface area contributed by atoms with Crippen LogP contribution in [0.25, 0.3) is 0 Å². The Hall–Kier alpha value is -1.31. The molecule has 0 radical (unpaired) electrons. The normalized spacial score (nSPS) is 30.6. The molecule has 2 heterocycles. The van der Waals surface area contributed by atoms with E-state index < -0.39 is 57.2 Å². The molecule has 2 atom stereocenters. The predicted octanol–water partition coefficient (Wildman–Crippen LogP) is 3.25. The first-order valence-corrected chi connectivity index (χ1v) is 8.05. The summed E-state index contributed by atoms with van der Waals surface area (Å²) in [6, 6.07) is 0. The molecule has 22 heavy (non-hydrogen) atoms. The number of Topliss-reactive ketones (excluding diaryl/α,β-unsaturated/α-hetero) is 1. The standard InChI is InChI=1S/C14H11F5O2S/c15-9-8(10(16)12(18)13(19)11(9)17)14(20)5-3-6-1-2-7(4-5)22(6)21/h5-7H,1-4H2. The highest BCUT2D eigenvalue weighted by molar-refractivity contribution is 7.86. The maximum Gasteiger partial charge on any atom is 0.200 e. The van der Waals surface area contributed by atoms with E-state index in [4.69, 9.17) is 0 Å². The van der Waals surface area contributed by atoms with Crippen molar-refractivity contribution in [1.82, 2.24) is 0 Å². The van der Waals surface area contributed by atoms with Gasteiger partial charge in [-0.1, -0.05) is 0 Å². The Bertz CT molecular complexity index is 645. The van der Waals surface area contributed by atoms with E-state index in [1.807, 2.05) is 0 Å². The second kappa shape index (κ2) is 5.40. The van der Waals surface area contributed by atoms with Crippen molar-refractivity contribution in [2.45, 2.75) is 36.2 Å². The number of hydrogen-bond acceptors (Lipinski definition) is 2. The van der Waals surface area contributed by atoms with Crippen molar-refractivity contribution >= 4 is 16.6 Å². The Morgan fingerprint density at radius 3 is 1.68 bits per heavy atom.